The number of hydrogen-bond acceptors (Lipinski definition) is 4. The Balaban J connectivity index is 1.73. The van der Waals surface area contributed by atoms with E-state index in [1.165, 1.54) is 10.6 Å². The number of nitrogens with one attached hydrogen (secondary N) is 2. The van der Waals surface area contributed by atoms with Crippen molar-refractivity contribution in [1.29, 1.82) is 5.26 Å². The Kier molecular flexibility index (Phi) is 5.01. The molecule has 2 heterocycles. The molecule has 0 fully saturated rings. The van der Waals surface area contributed by atoms with Gasteiger partial charge >= 0.3 is 0 Å². The summed E-state index contributed by atoms with van der Waals surface area (Å²) in [5, 5.41) is 17.5. The van der Waals surface area contributed by atoms with Crippen LogP contribution in [0, 0.1) is 18.3 Å². The van der Waals surface area contributed by atoms with E-state index in [0.717, 1.165) is 16.8 Å². The van der Waals surface area contributed by atoms with E-state index in [2.05, 4.69) is 21.5 Å². The molecule has 2 aromatic carbocycles. The minimum Gasteiger partial charge on any atom is -0.379 e. The molecule has 4 rings (SSSR count). The molecule has 0 amide bonds. The number of rotatable bonds is 4. The van der Waals surface area contributed by atoms with Gasteiger partial charge in [-0.3, -0.25) is 4.79 Å². The SMILES string of the molecule is Cc1nn2c(=O)cc(CNc3ccc(C#N)cc3)[nH]c2c1-c1ccc(Cl)cc1Cl. The van der Waals surface area contributed by atoms with Gasteiger partial charge < -0.3 is 10.3 Å². The molecule has 29 heavy (non-hydrogen) atoms. The van der Waals surface area contributed by atoms with Gasteiger partial charge in [0.2, 0.25) is 0 Å². The maximum atomic E-state index is 12.6. The van der Waals surface area contributed by atoms with Crippen LogP contribution in [0.25, 0.3) is 16.8 Å². The number of nitriles is 1. The molecule has 144 valence electrons. The summed E-state index contributed by atoms with van der Waals surface area (Å²) in [5.41, 5.74) is 4.63. The number of hydrogen-bond donors (Lipinski definition) is 2. The molecule has 0 saturated heterocycles. The highest BCUT2D eigenvalue weighted by atomic mass is 35.5. The minimum atomic E-state index is -0.241. The summed E-state index contributed by atoms with van der Waals surface area (Å²) >= 11 is 12.4. The zero-order valence-corrected chi connectivity index (χ0v) is 16.8. The second kappa shape index (κ2) is 7.63. The normalized spacial score (nSPS) is 10.8. The van der Waals surface area contributed by atoms with E-state index in [-0.39, 0.29) is 5.56 Å². The number of aromatic amines is 1. The largest absolute Gasteiger partial charge is 0.379 e. The van der Waals surface area contributed by atoms with Gasteiger partial charge in [0, 0.05) is 33.6 Å². The average molecular weight is 424 g/mol. The summed E-state index contributed by atoms with van der Waals surface area (Å²) in [6.07, 6.45) is 0. The lowest BCUT2D eigenvalue weighted by Gasteiger charge is -2.09. The van der Waals surface area contributed by atoms with Crippen LogP contribution in [0.4, 0.5) is 5.69 Å². The fraction of sp³-hybridized carbons (Fsp3) is 0.0952. The van der Waals surface area contributed by atoms with E-state index in [1.807, 2.05) is 25.1 Å². The fourth-order valence-electron chi connectivity index (χ4n) is 3.17. The quantitative estimate of drug-likeness (QED) is 0.493. The van der Waals surface area contributed by atoms with Gasteiger partial charge in [-0.15, -0.1) is 0 Å². The van der Waals surface area contributed by atoms with Crippen molar-refractivity contribution in [2.24, 2.45) is 0 Å². The van der Waals surface area contributed by atoms with Crippen molar-refractivity contribution in [3.8, 4) is 17.2 Å². The highest BCUT2D eigenvalue weighted by Crippen LogP contribution is 2.34. The number of aromatic nitrogens is 3. The Morgan fingerprint density at radius 3 is 2.62 bits per heavy atom. The van der Waals surface area contributed by atoms with Crippen LogP contribution in [0.5, 0.6) is 0 Å². The van der Waals surface area contributed by atoms with Crippen LogP contribution < -0.4 is 10.9 Å². The molecule has 2 N–H and O–H groups in total. The minimum absolute atomic E-state index is 0.241. The summed E-state index contributed by atoms with van der Waals surface area (Å²) in [6.45, 7) is 2.23. The first-order valence-electron chi connectivity index (χ1n) is 8.77. The molecule has 0 atom stereocenters. The molecule has 0 unspecified atom stereocenters. The molecule has 0 spiro atoms. The highest BCUT2D eigenvalue weighted by molar-refractivity contribution is 6.36. The van der Waals surface area contributed by atoms with Gasteiger partial charge in [-0.25, -0.2) is 0 Å². The third-order valence-electron chi connectivity index (χ3n) is 4.54. The maximum absolute atomic E-state index is 12.6. The van der Waals surface area contributed by atoms with Gasteiger partial charge in [0.05, 0.1) is 28.9 Å². The van der Waals surface area contributed by atoms with Crippen LogP contribution >= 0.6 is 23.2 Å². The second-order valence-corrected chi connectivity index (χ2v) is 7.36. The van der Waals surface area contributed by atoms with Gasteiger partial charge in [0.15, 0.2) is 0 Å². The number of fused-ring (bicyclic) bond motifs is 1. The third kappa shape index (κ3) is 3.70. The molecule has 0 aliphatic rings. The fourth-order valence-corrected chi connectivity index (χ4v) is 3.67. The topological polar surface area (TPSA) is 86.0 Å². The van der Waals surface area contributed by atoms with Gasteiger partial charge in [-0.2, -0.15) is 14.9 Å². The predicted molar refractivity (Wildman–Crippen MR) is 114 cm³/mol. The second-order valence-electron chi connectivity index (χ2n) is 6.52. The Morgan fingerprint density at radius 1 is 1.17 bits per heavy atom. The van der Waals surface area contributed by atoms with E-state index in [9.17, 15) is 4.79 Å². The lowest BCUT2D eigenvalue weighted by molar-refractivity contribution is 0.863. The number of nitrogens with zero attached hydrogens (tertiary/aromatic N) is 3. The Labute approximate surface area is 176 Å². The van der Waals surface area contributed by atoms with Crippen LogP contribution in [0.15, 0.2) is 53.3 Å². The van der Waals surface area contributed by atoms with Crippen molar-refractivity contribution < 1.29 is 0 Å². The van der Waals surface area contributed by atoms with E-state index in [1.54, 1.807) is 24.3 Å². The summed E-state index contributed by atoms with van der Waals surface area (Å²) < 4.78 is 1.33. The summed E-state index contributed by atoms with van der Waals surface area (Å²) in [7, 11) is 0. The van der Waals surface area contributed by atoms with Gasteiger partial charge in [-0.1, -0.05) is 29.3 Å². The van der Waals surface area contributed by atoms with Crippen LogP contribution in [-0.2, 0) is 6.54 Å². The van der Waals surface area contributed by atoms with Crippen molar-refractivity contribution in [2.45, 2.75) is 13.5 Å². The molecular formula is C21H15Cl2N5O. The van der Waals surface area contributed by atoms with Crippen molar-refractivity contribution >= 4 is 34.5 Å². The van der Waals surface area contributed by atoms with Crippen LogP contribution in [0.3, 0.4) is 0 Å². The molecular weight excluding hydrogens is 409 g/mol. The van der Waals surface area contributed by atoms with Crippen molar-refractivity contribution in [2.75, 3.05) is 5.32 Å². The monoisotopic (exact) mass is 423 g/mol. The van der Waals surface area contributed by atoms with E-state index in [0.29, 0.717) is 39.2 Å². The number of benzene rings is 2. The van der Waals surface area contributed by atoms with Gasteiger partial charge in [0.25, 0.3) is 5.56 Å². The number of halogens is 2. The Bertz CT molecular complexity index is 1320. The molecule has 6 nitrogen and oxygen atoms in total. The van der Waals surface area contributed by atoms with Crippen molar-refractivity contribution in [1.82, 2.24) is 14.6 Å². The number of aryl methyl sites for hydroxylation is 1. The average Bonchev–Trinajstić information content (AvgIpc) is 3.03. The number of anilines is 1. The van der Waals surface area contributed by atoms with Gasteiger partial charge in [-0.05, 0) is 43.3 Å². The van der Waals surface area contributed by atoms with Crippen LogP contribution in [0.1, 0.15) is 17.0 Å². The molecule has 0 saturated carbocycles. The first kappa shape index (κ1) is 19.1. The number of H-pyrrole nitrogens is 1. The first-order valence-corrected chi connectivity index (χ1v) is 9.53. The van der Waals surface area contributed by atoms with E-state index in [4.69, 9.17) is 28.5 Å². The summed E-state index contributed by atoms with van der Waals surface area (Å²) in [4.78, 5) is 15.9. The summed E-state index contributed by atoms with van der Waals surface area (Å²) in [6, 6.07) is 15.9. The summed E-state index contributed by atoms with van der Waals surface area (Å²) in [5.74, 6) is 0. The standard InChI is InChI=1S/C21H15Cl2N5O/c1-12-20(17-7-4-14(22)8-18(17)23)21-26-16(9-19(29)28(21)27-12)11-25-15-5-2-13(10-24)3-6-15/h2-9,25-26H,11H2,1H3. The van der Waals surface area contributed by atoms with Crippen molar-refractivity contribution in [3.63, 3.8) is 0 Å². The lowest BCUT2D eigenvalue weighted by Crippen LogP contribution is -2.17. The molecule has 0 aliphatic carbocycles. The van der Waals surface area contributed by atoms with E-state index < -0.39 is 0 Å². The van der Waals surface area contributed by atoms with E-state index >= 15 is 0 Å². The maximum Gasteiger partial charge on any atom is 0.274 e. The third-order valence-corrected chi connectivity index (χ3v) is 5.09. The zero-order chi connectivity index (χ0) is 20.5. The predicted octanol–water partition coefficient (Wildman–Crippen LogP) is 4.79. The lowest BCUT2D eigenvalue weighted by atomic mass is 10.1. The smallest absolute Gasteiger partial charge is 0.274 e. The highest BCUT2D eigenvalue weighted by Gasteiger charge is 2.17. The Morgan fingerprint density at radius 2 is 1.93 bits per heavy atom. The van der Waals surface area contributed by atoms with Crippen LogP contribution in [-0.4, -0.2) is 14.6 Å². The molecule has 0 aliphatic heterocycles. The van der Waals surface area contributed by atoms with Crippen molar-refractivity contribution in [3.05, 3.63) is 85.9 Å². The molecule has 8 heteroatoms. The van der Waals surface area contributed by atoms with Gasteiger partial charge in [0.1, 0.15) is 5.65 Å². The molecule has 0 bridgehead atoms. The van der Waals surface area contributed by atoms with Crippen LogP contribution in [0.2, 0.25) is 10.0 Å². The first-order chi connectivity index (χ1) is 14.0. The molecule has 0 radical (unpaired) electrons. The zero-order valence-electron chi connectivity index (χ0n) is 15.3. The Hall–Kier alpha value is -3.27. The molecule has 4 aromatic rings. The molecule has 2 aromatic heterocycles.